The Morgan fingerprint density at radius 2 is 1.87 bits per heavy atom. The van der Waals surface area contributed by atoms with Crippen LogP contribution < -0.4 is 14.8 Å². The molecule has 1 aromatic heterocycles. The van der Waals surface area contributed by atoms with Gasteiger partial charge in [-0.05, 0) is 31.1 Å². The van der Waals surface area contributed by atoms with Gasteiger partial charge in [0.05, 0.1) is 4.53 Å². The first-order valence-electron chi connectivity index (χ1n) is 7.60. The van der Waals surface area contributed by atoms with Gasteiger partial charge in [0.15, 0.2) is 5.78 Å². The van der Waals surface area contributed by atoms with Crippen LogP contribution in [0.3, 0.4) is 0 Å². The Morgan fingerprint density at radius 3 is 2.43 bits per heavy atom. The number of carbonyl (C=O) groups is 1. The Kier molecular flexibility index (Phi) is 4.76. The number of aryl methyl sites for hydroxylation is 2. The van der Waals surface area contributed by atoms with Gasteiger partial charge < -0.3 is 4.57 Å². The molecule has 2 rings (SSSR count). The van der Waals surface area contributed by atoms with Crippen molar-refractivity contribution >= 4 is 29.3 Å². The van der Waals surface area contributed by atoms with E-state index in [2.05, 4.69) is 6.07 Å². The van der Waals surface area contributed by atoms with Crippen LogP contribution in [0, 0.1) is 19.3 Å². The van der Waals surface area contributed by atoms with Crippen molar-refractivity contribution in [1.82, 2.24) is 4.57 Å². The van der Waals surface area contributed by atoms with E-state index in [4.69, 9.17) is 0 Å². The molecule has 0 unspecified atom stereocenters. The van der Waals surface area contributed by atoms with E-state index in [-0.39, 0.29) is 11.3 Å². The fourth-order valence-electron chi connectivity index (χ4n) is 2.17. The van der Waals surface area contributed by atoms with Crippen LogP contribution >= 0.6 is 11.3 Å². The molecule has 0 atom stereocenters. The molecular formula is C19H23NO2S. The van der Waals surface area contributed by atoms with Gasteiger partial charge in [-0.15, -0.1) is 11.3 Å². The molecule has 4 heteroatoms. The van der Waals surface area contributed by atoms with E-state index in [0.717, 1.165) is 11.1 Å². The van der Waals surface area contributed by atoms with Gasteiger partial charge in [0.25, 0.3) is 5.56 Å². The summed E-state index contributed by atoms with van der Waals surface area (Å²) in [7, 11) is 1.71. The summed E-state index contributed by atoms with van der Waals surface area (Å²) in [5, 5.41) is 0. The van der Waals surface area contributed by atoms with Crippen molar-refractivity contribution in [2.24, 2.45) is 12.5 Å². The van der Waals surface area contributed by atoms with Crippen LogP contribution in [0.25, 0.3) is 12.2 Å². The van der Waals surface area contributed by atoms with Crippen LogP contribution in [0.2, 0.25) is 0 Å². The predicted octanol–water partition coefficient (Wildman–Crippen LogP) is 2.29. The first kappa shape index (κ1) is 17.4. The quantitative estimate of drug-likeness (QED) is 0.848. The van der Waals surface area contributed by atoms with Crippen molar-refractivity contribution < 1.29 is 4.79 Å². The number of aromatic nitrogens is 1. The van der Waals surface area contributed by atoms with Gasteiger partial charge in [0, 0.05) is 18.5 Å². The average Bonchev–Trinajstić information content (AvgIpc) is 2.69. The molecule has 0 saturated heterocycles. The second-order valence-corrected chi connectivity index (χ2v) is 7.99. The van der Waals surface area contributed by atoms with Crippen LogP contribution in [0.4, 0.5) is 0 Å². The summed E-state index contributed by atoms with van der Waals surface area (Å²) in [5.41, 5.74) is 2.85. The van der Waals surface area contributed by atoms with E-state index in [0.29, 0.717) is 9.20 Å². The van der Waals surface area contributed by atoms with Crippen LogP contribution in [0.5, 0.6) is 0 Å². The Bertz CT molecular complexity index is 924. The number of ketones is 1. The minimum absolute atomic E-state index is 0.0208. The number of carbonyl (C=O) groups excluding carboxylic acids is 1. The van der Waals surface area contributed by atoms with Gasteiger partial charge in [-0.2, -0.15) is 0 Å². The summed E-state index contributed by atoms with van der Waals surface area (Å²) in [6.07, 6.45) is 3.48. The van der Waals surface area contributed by atoms with Crippen molar-refractivity contribution in [3.8, 4) is 0 Å². The monoisotopic (exact) mass is 329 g/mol. The minimum Gasteiger partial charge on any atom is -0.302 e. The summed E-state index contributed by atoms with van der Waals surface area (Å²) in [4.78, 5) is 24.6. The molecular weight excluding hydrogens is 306 g/mol. The third-order valence-electron chi connectivity index (χ3n) is 3.77. The minimum atomic E-state index is -0.447. The van der Waals surface area contributed by atoms with E-state index in [9.17, 15) is 9.59 Å². The molecule has 0 amide bonds. The maximum absolute atomic E-state index is 12.4. The normalized spacial score (nSPS) is 13.7. The molecule has 0 saturated carbocycles. The van der Waals surface area contributed by atoms with Gasteiger partial charge in [-0.1, -0.05) is 44.5 Å². The molecule has 2 aromatic rings. The lowest BCUT2D eigenvalue weighted by molar-refractivity contribution is -0.120. The largest absolute Gasteiger partial charge is 0.302 e. The number of rotatable bonds is 2. The van der Waals surface area contributed by atoms with Crippen LogP contribution in [-0.4, -0.2) is 10.4 Å². The third-order valence-corrected chi connectivity index (χ3v) is 4.88. The zero-order valence-corrected chi connectivity index (χ0v) is 15.4. The molecule has 23 heavy (non-hydrogen) atoms. The zero-order chi connectivity index (χ0) is 17.4. The number of Topliss-reactive ketones (excluding diaryl/α,β-unsaturated/α-hetero) is 1. The van der Waals surface area contributed by atoms with E-state index in [1.165, 1.54) is 16.9 Å². The second kappa shape index (κ2) is 6.28. The van der Waals surface area contributed by atoms with Gasteiger partial charge in [0.2, 0.25) is 0 Å². The fourth-order valence-corrected chi connectivity index (χ4v) is 3.19. The number of nitrogens with zero attached hydrogens (tertiary/aromatic N) is 1. The SMILES string of the molecule is Cc1ccc(/C=c2\s/c(=C/C(=O)C(C)(C)C)n(C)c2=O)c(C)c1. The number of benzene rings is 1. The fraction of sp³-hybridized carbons (Fsp3) is 0.368. The second-order valence-electron chi connectivity index (χ2n) is 6.93. The van der Waals surface area contributed by atoms with Crippen molar-refractivity contribution in [3.63, 3.8) is 0 Å². The maximum atomic E-state index is 12.4. The van der Waals surface area contributed by atoms with Crippen LogP contribution in [0.15, 0.2) is 23.0 Å². The highest BCUT2D eigenvalue weighted by molar-refractivity contribution is 7.07. The summed E-state index contributed by atoms with van der Waals surface area (Å²) in [6.45, 7) is 9.71. The van der Waals surface area contributed by atoms with Gasteiger partial charge in [-0.3, -0.25) is 9.59 Å². The molecule has 1 heterocycles. The van der Waals surface area contributed by atoms with Crippen molar-refractivity contribution in [2.45, 2.75) is 34.6 Å². The van der Waals surface area contributed by atoms with Gasteiger partial charge in [-0.25, -0.2) is 0 Å². The average molecular weight is 329 g/mol. The molecule has 0 aliphatic heterocycles. The van der Waals surface area contributed by atoms with E-state index < -0.39 is 5.41 Å². The highest BCUT2D eigenvalue weighted by Gasteiger charge is 2.19. The highest BCUT2D eigenvalue weighted by atomic mass is 32.1. The predicted molar refractivity (Wildman–Crippen MR) is 97.2 cm³/mol. The standard InChI is InChI=1S/C19H23NO2S/c1-12-7-8-14(13(2)9-12)10-15-18(22)20(6)17(23-15)11-16(21)19(3,4)5/h7-11H,1-6H3/b15-10-,17-11+. The smallest absolute Gasteiger partial charge is 0.268 e. The Hall–Kier alpha value is -1.94. The number of hydrogen-bond donors (Lipinski definition) is 0. The van der Waals surface area contributed by atoms with Gasteiger partial charge >= 0.3 is 0 Å². The van der Waals surface area contributed by atoms with E-state index >= 15 is 0 Å². The topological polar surface area (TPSA) is 39.1 Å². The molecule has 3 nitrogen and oxygen atoms in total. The Balaban J connectivity index is 2.61. The lowest BCUT2D eigenvalue weighted by atomic mass is 9.91. The Labute approximate surface area is 140 Å². The summed E-state index contributed by atoms with van der Waals surface area (Å²) >= 11 is 1.36. The van der Waals surface area contributed by atoms with Crippen molar-refractivity contribution in [3.05, 3.63) is 54.4 Å². The first-order valence-corrected chi connectivity index (χ1v) is 8.42. The first-order chi connectivity index (χ1) is 10.6. The number of hydrogen-bond acceptors (Lipinski definition) is 3. The van der Waals surface area contributed by atoms with Crippen LogP contribution in [0.1, 0.15) is 37.5 Å². The molecule has 0 spiro atoms. The molecule has 0 bridgehead atoms. The lowest BCUT2D eigenvalue weighted by Gasteiger charge is -2.12. The molecule has 0 fully saturated rings. The van der Waals surface area contributed by atoms with Crippen LogP contribution in [-0.2, 0) is 11.8 Å². The Morgan fingerprint density at radius 1 is 1.22 bits per heavy atom. The molecule has 1 aromatic carbocycles. The number of thiazole rings is 1. The zero-order valence-electron chi connectivity index (χ0n) is 14.6. The molecule has 0 aliphatic carbocycles. The lowest BCUT2D eigenvalue weighted by Crippen LogP contribution is -2.30. The summed E-state index contributed by atoms with van der Waals surface area (Å²) in [5.74, 6) is 0.0208. The van der Waals surface area contributed by atoms with Crippen molar-refractivity contribution in [2.75, 3.05) is 0 Å². The highest BCUT2D eigenvalue weighted by Crippen LogP contribution is 2.15. The molecule has 0 N–H and O–H groups in total. The van der Waals surface area contributed by atoms with E-state index in [1.807, 2.05) is 52.8 Å². The molecule has 122 valence electrons. The van der Waals surface area contributed by atoms with Crippen molar-refractivity contribution in [1.29, 1.82) is 0 Å². The maximum Gasteiger partial charge on any atom is 0.268 e. The summed E-state index contributed by atoms with van der Waals surface area (Å²) in [6, 6.07) is 6.15. The summed E-state index contributed by atoms with van der Waals surface area (Å²) < 4.78 is 2.88. The molecule has 0 radical (unpaired) electrons. The van der Waals surface area contributed by atoms with Gasteiger partial charge in [0.1, 0.15) is 4.66 Å². The molecule has 0 aliphatic rings. The third kappa shape index (κ3) is 3.88. The van der Waals surface area contributed by atoms with E-state index in [1.54, 1.807) is 17.7 Å².